The highest BCUT2D eigenvalue weighted by molar-refractivity contribution is 5.93. The lowest BCUT2D eigenvalue weighted by Crippen LogP contribution is -2.11. The summed E-state index contributed by atoms with van der Waals surface area (Å²) in [7, 11) is 0. The molecule has 5 aromatic carbocycles. The normalized spacial score (nSPS) is 9.86. The molecule has 72 heavy (non-hydrogen) atoms. The van der Waals surface area contributed by atoms with Gasteiger partial charge in [0.25, 0.3) is 0 Å². The van der Waals surface area contributed by atoms with Crippen molar-refractivity contribution in [2.24, 2.45) is 0 Å². The van der Waals surface area contributed by atoms with Crippen molar-refractivity contribution in [2.45, 2.75) is 46.5 Å². The zero-order chi connectivity index (χ0) is 52.5. The average molecular weight is 984 g/mol. The van der Waals surface area contributed by atoms with Gasteiger partial charge in [0, 0.05) is 44.3 Å². The Hall–Kier alpha value is -8.81. The number of benzene rings is 5. The molecule has 0 heterocycles. The first-order valence-electron chi connectivity index (χ1n) is 22.7. The molecule has 0 N–H and O–H groups in total. The third kappa shape index (κ3) is 22.1. The molecule has 0 saturated carbocycles. The number of rotatable bonds is 24. The zero-order valence-corrected chi connectivity index (χ0v) is 40.5. The Morgan fingerprint density at radius 2 is 0.861 bits per heavy atom. The van der Waals surface area contributed by atoms with E-state index in [0.29, 0.717) is 82.6 Å². The molecule has 0 bridgehead atoms. The quantitative estimate of drug-likeness (QED) is 0.0244. The highest BCUT2D eigenvalue weighted by Crippen LogP contribution is 2.26. The number of carbonyl (C=O) groups excluding carboxylic acids is 6. The molecule has 0 spiro atoms. The first-order chi connectivity index (χ1) is 34.8. The SMILES string of the molecule is C=CC(=O)OCCCOc1ccc(C(=O)Oc2ccc(OC(=O)c3ccc(OCCCOC(=O)C=C)cc3)c(C)c2)cc1.C=CC(=O)Oc1ccc(C(=O)Oc2ccc(C#N)cc2)cc1.CCCOCCC. The number of esters is 6. The van der Waals surface area contributed by atoms with Gasteiger partial charge in [-0.25, -0.2) is 28.8 Å². The van der Waals surface area contributed by atoms with Crippen LogP contribution in [0.5, 0.6) is 34.5 Å². The van der Waals surface area contributed by atoms with Gasteiger partial charge >= 0.3 is 35.8 Å². The first kappa shape index (κ1) is 57.5. The Morgan fingerprint density at radius 3 is 1.28 bits per heavy atom. The number of aryl methyl sites for hydroxylation is 1. The third-order valence-electron chi connectivity index (χ3n) is 9.04. The van der Waals surface area contributed by atoms with E-state index in [9.17, 15) is 28.8 Å². The van der Waals surface area contributed by atoms with E-state index in [1.165, 1.54) is 42.5 Å². The van der Waals surface area contributed by atoms with Crippen LogP contribution in [0, 0.1) is 18.3 Å². The minimum absolute atomic E-state index is 0.218. The van der Waals surface area contributed by atoms with Crippen LogP contribution < -0.4 is 28.4 Å². The molecule has 5 rings (SSSR count). The topological polar surface area (TPSA) is 209 Å². The van der Waals surface area contributed by atoms with Crippen molar-refractivity contribution in [2.75, 3.05) is 39.6 Å². The van der Waals surface area contributed by atoms with Gasteiger partial charge in [-0.2, -0.15) is 5.26 Å². The number of nitrogens with zero attached hydrogens (tertiary/aromatic N) is 1. The van der Waals surface area contributed by atoms with Crippen LogP contribution in [-0.4, -0.2) is 75.5 Å². The minimum Gasteiger partial charge on any atom is -0.493 e. The summed E-state index contributed by atoms with van der Waals surface area (Å²) < 4.78 is 47.1. The molecule has 0 atom stereocenters. The predicted octanol–water partition coefficient (Wildman–Crippen LogP) is 10.1. The summed E-state index contributed by atoms with van der Waals surface area (Å²) in [4.78, 5) is 70.3. The van der Waals surface area contributed by atoms with E-state index in [-0.39, 0.29) is 19.0 Å². The Bertz CT molecular complexity index is 2590. The third-order valence-corrected chi connectivity index (χ3v) is 9.04. The Balaban J connectivity index is 0.000000389. The van der Waals surface area contributed by atoms with Crippen LogP contribution in [-0.2, 0) is 28.6 Å². The fourth-order valence-electron chi connectivity index (χ4n) is 5.43. The lowest BCUT2D eigenvalue weighted by molar-refractivity contribution is -0.138. The van der Waals surface area contributed by atoms with Crippen LogP contribution in [0.2, 0.25) is 0 Å². The molecule has 0 aliphatic carbocycles. The average Bonchev–Trinajstić information content (AvgIpc) is 3.40. The molecule has 0 radical (unpaired) electrons. The van der Waals surface area contributed by atoms with Gasteiger partial charge in [0.05, 0.1) is 54.8 Å². The van der Waals surface area contributed by atoms with Crippen molar-refractivity contribution in [1.82, 2.24) is 0 Å². The van der Waals surface area contributed by atoms with Gasteiger partial charge in [-0.1, -0.05) is 33.6 Å². The van der Waals surface area contributed by atoms with Crippen LogP contribution >= 0.6 is 0 Å². The maximum absolute atomic E-state index is 12.6. The Kier molecular flexibility index (Phi) is 26.2. The number of nitriles is 1. The van der Waals surface area contributed by atoms with Gasteiger partial charge in [0.1, 0.15) is 34.5 Å². The van der Waals surface area contributed by atoms with Gasteiger partial charge in [0.15, 0.2) is 0 Å². The smallest absolute Gasteiger partial charge is 0.343 e. The maximum atomic E-state index is 12.6. The summed E-state index contributed by atoms with van der Waals surface area (Å²) in [5.41, 5.74) is 2.03. The van der Waals surface area contributed by atoms with Gasteiger partial charge < -0.3 is 42.6 Å². The number of hydrogen-bond donors (Lipinski definition) is 0. The molecule has 5 aromatic rings. The highest BCUT2D eigenvalue weighted by atomic mass is 16.6. The molecule has 0 amide bonds. The summed E-state index contributed by atoms with van der Waals surface area (Å²) >= 11 is 0. The fourth-order valence-corrected chi connectivity index (χ4v) is 5.43. The summed E-state index contributed by atoms with van der Waals surface area (Å²) in [5, 5.41) is 8.69. The van der Waals surface area contributed by atoms with Crippen molar-refractivity contribution in [1.29, 1.82) is 5.26 Å². The Labute approximate surface area is 418 Å². The van der Waals surface area contributed by atoms with Gasteiger partial charge in [-0.3, -0.25) is 0 Å². The largest absolute Gasteiger partial charge is 0.493 e. The maximum Gasteiger partial charge on any atom is 0.343 e. The molecule has 0 aromatic heterocycles. The van der Waals surface area contributed by atoms with Gasteiger partial charge in [-0.05, 0) is 141 Å². The molecule has 0 aliphatic rings. The standard InChI is InChI=1S/C33H32O10.C17H11NO4.C6H14O/c1-4-30(34)40-20-6-18-38-26-12-8-24(9-13-26)32(36)42-28-16-17-29(23(3)22-28)43-33(37)25-10-14-27(15-11-25)39-19-7-21-41-31(35)5-2;1-2-16(19)21-14-9-5-13(6-10-14)17(20)22-15-7-3-12(11-18)4-8-15;1-3-5-7-6-4-2/h4-5,8-17,22H,1-2,6-7,18-21H2,3H3;2-10H,1H2;3-6H2,1-2H3. The predicted molar refractivity (Wildman–Crippen MR) is 266 cm³/mol. The minimum atomic E-state index is -0.576. The summed E-state index contributed by atoms with van der Waals surface area (Å²) in [6.45, 7) is 18.9. The lowest BCUT2D eigenvalue weighted by atomic mass is 10.2. The molecular formula is C56H57NO15. The van der Waals surface area contributed by atoms with E-state index in [2.05, 4.69) is 33.6 Å². The van der Waals surface area contributed by atoms with Crippen molar-refractivity contribution in [3.05, 3.63) is 181 Å². The summed E-state index contributed by atoms with van der Waals surface area (Å²) in [6.07, 6.45) is 6.54. The number of carbonyl (C=O) groups is 6. The monoisotopic (exact) mass is 983 g/mol. The molecule has 0 unspecified atom stereocenters. The molecule has 0 fully saturated rings. The summed E-state index contributed by atoms with van der Waals surface area (Å²) in [6, 6.07) is 31.7. The van der Waals surface area contributed by atoms with Crippen molar-refractivity contribution >= 4 is 35.8 Å². The van der Waals surface area contributed by atoms with E-state index in [4.69, 9.17) is 47.9 Å². The second-order valence-corrected chi connectivity index (χ2v) is 14.7. The first-order valence-corrected chi connectivity index (χ1v) is 22.7. The van der Waals surface area contributed by atoms with Gasteiger partial charge in [0.2, 0.25) is 0 Å². The molecule has 16 heteroatoms. The number of ether oxygens (including phenoxy) is 9. The van der Waals surface area contributed by atoms with Crippen LogP contribution in [0.15, 0.2) is 153 Å². The Morgan fingerprint density at radius 1 is 0.472 bits per heavy atom. The lowest BCUT2D eigenvalue weighted by Gasteiger charge is -2.11. The van der Waals surface area contributed by atoms with Crippen LogP contribution in [0.3, 0.4) is 0 Å². The van der Waals surface area contributed by atoms with Crippen molar-refractivity contribution < 1.29 is 71.4 Å². The second-order valence-electron chi connectivity index (χ2n) is 14.7. The van der Waals surface area contributed by atoms with E-state index in [0.717, 1.165) is 44.3 Å². The van der Waals surface area contributed by atoms with Crippen LogP contribution in [0.25, 0.3) is 0 Å². The molecule has 0 saturated heterocycles. The van der Waals surface area contributed by atoms with E-state index >= 15 is 0 Å². The van der Waals surface area contributed by atoms with Crippen molar-refractivity contribution in [3.63, 3.8) is 0 Å². The van der Waals surface area contributed by atoms with E-state index < -0.39 is 35.8 Å². The van der Waals surface area contributed by atoms with Crippen molar-refractivity contribution in [3.8, 4) is 40.6 Å². The van der Waals surface area contributed by atoms with Crippen LogP contribution in [0.4, 0.5) is 0 Å². The van der Waals surface area contributed by atoms with Crippen LogP contribution in [0.1, 0.15) is 81.7 Å². The summed E-state index contributed by atoms with van der Waals surface area (Å²) in [5.74, 6) is -0.852. The molecule has 376 valence electrons. The molecule has 16 nitrogen and oxygen atoms in total. The van der Waals surface area contributed by atoms with E-state index in [1.807, 2.05) is 6.07 Å². The van der Waals surface area contributed by atoms with Gasteiger partial charge in [-0.15, -0.1) is 0 Å². The zero-order valence-electron chi connectivity index (χ0n) is 40.5. The fraction of sp³-hybridized carbons (Fsp3) is 0.232. The number of hydrogen-bond acceptors (Lipinski definition) is 16. The molecule has 0 aliphatic heterocycles. The second kappa shape index (κ2) is 32.9. The highest BCUT2D eigenvalue weighted by Gasteiger charge is 2.15. The van der Waals surface area contributed by atoms with E-state index in [1.54, 1.807) is 79.7 Å². The molecular weight excluding hydrogens is 927 g/mol.